The Bertz CT molecular complexity index is 552. The largest absolute Gasteiger partial charge is 0.497 e. The molecule has 22 heavy (non-hydrogen) atoms. The van der Waals surface area contributed by atoms with E-state index in [0.717, 1.165) is 44.8 Å². The molecule has 4 heteroatoms. The Morgan fingerprint density at radius 2 is 2.18 bits per heavy atom. The number of likely N-dealkylation sites (tertiary alicyclic amines) is 1. The van der Waals surface area contributed by atoms with Crippen LogP contribution < -0.4 is 10.1 Å². The SMILES string of the molecule is CC#CC(=O)NCC1CCN(Cc2cccc(OC)c2)CC1. The molecule has 1 heterocycles. The maximum atomic E-state index is 11.3. The summed E-state index contributed by atoms with van der Waals surface area (Å²) in [7, 11) is 1.70. The maximum Gasteiger partial charge on any atom is 0.295 e. The zero-order chi connectivity index (χ0) is 15.8. The van der Waals surface area contributed by atoms with Crippen LogP contribution in [0.15, 0.2) is 24.3 Å². The molecular weight excluding hydrogens is 276 g/mol. The highest BCUT2D eigenvalue weighted by Crippen LogP contribution is 2.20. The molecule has 1 aliphatic heterocycles. The van der Waals surface area contributed by atoms with Crippen molar-refractivity contribution in [3.8, 4) is 17.6 Å². The molecule has 0 spiro atoms. The highest BCUT2D eigenvalue weighted by atomic mass is 16.5. The van der Waals surface area contributed by atoms with Gasteiger partial charge < -0.3 is 10.1 Å². The summed E-state index contributed by atoms with van der Waals surface area (Å²) >= 11 is 0. The van der Waals surface area contributed by atoms with Crippen LogP contribution in [0.5, 0.6) is 5.75 Å². The standard InChI is InChI=1S/C18H24N2O2/c1-3-5-18(21)19-13-15-8-10-20(11-9-15)14-16-6-4-7-17(12-16)22-2/h4,6-7,12,15H,8-11,13-14H2,1-2H3,(H,19,21). The quantitative estimate of drug-likeness (QED) is 0.846. The fourth-order valence-corrected chi connectivity index (χ4v) is 2.77. The van der Waals surface area contributed by atoms with Gasteiger partial charge in [0.2, 0.25) is 0 Å². The lowest BCUT2D eigenvalue weighted by molar-refractivity contribution is -0.115. The minimum atomic E-state index is -0.165. The molecule has 0 atom stereocenters. The Hall–Kier alpha value is -1.99. The van der Waals surface area contributed by atoms with E-state index in [1.165, 1.54) is 5.56 Å². The zero-order valence-electron chi connectivity index (χ0n) is 13.4. The number of benzene rings is 1. The lowest BCUT2D eigenvalue weighted by atomic mass is 9.96. The summed E-state index contributed by atoms with van der Waals surface area (Å²) in [4.78, 5) is 13.8. The molecule has 0 unspecified atom stereocenters. The van der Waals surface area contributed by atoms with E-state index < -0.39 is 0 Å². The number of carbonyl (C=O) groups excluding carboxylic acids is 1. The van der Waals surface area contributed by atoms with Gasteiger partial charge in [-0.3, -0.25) is 9.69 Å². The van der Waals surface area contributed by atoms with Crippen LogP contribution in [0.25, 0.3) is 0 Å². The van der Waals surface area contributed by atoms with E-state index >= 15 is 0 Å². The zero-order valence-corrected chi connectivity index (χ0v) is 13.4. The molecule has 1 aliphatic rings. The molecule has 1 aromatic rings. The van der Waals surface area contributed by atoms with E-state index in [4.69, 9.17) is 4.74 Å². The van der Waals surface area contributed by atoms with Gasteiger partial charge in [0.15, 0.2) is 0 Å². The number of ether oxygens (including phenoxy) is 1. The van der Waals surface area contributed by atoms with Crippen LogP contribution in [-0.2, 0) is 11.3 Å². The van der Waals surface area contributed by atoms with Gasteiger partial charge in [-0.1, -0.05) is 18.1 Å². The normalized spacial score (nSPS) is 15.7. The second-order valence-electron chi connectivity index (χ2n) is 5.66. The van der Waals surface area contributed by atoms with Crippen LogP contribution >= 0.6 is 0 Å². The van der Waals surface area contributed by atoms with Gasteiger partial charge in [-0.15, -0.1) is 0 Å². The number of piperidine rings is 1. The second-order valence-corrected chi connectivity index (χ2v) is 5.66. The molecule has 1 fully saturated rings. The number of nitrogens with zero attached hydrogens (tertiary/aromatic N) is 1. The fourth-order valence-electron chi connectivity index (χ4n) is 2.77. The molecule has 2 rings (SSSR count). The van der Waals surface area contributed by atoms with E-state index in [1.54, 1.807) is 14.0 Å². The van der Waals surface area contributed by atoms with Crippen LogP contribution in [0.3, 0.4) is 0 Å². The lowest BCUT2D eigenvalue weighted by Crippen LogP contribution is -2.38. The number of nitrogens with one attached hydrogen (secondary N) is 1. The maximum absolute atomic E-state index is 11.3. The van der Waals surface area contributed by atoms with E-state index in [1.807, 2.05) is 12.1 Å². The molecule has 1 aromatic carbocycles. The first-order valence-electron chi connectivity index (χ1n) is 7.77. The van der Waals surface area contributed by atoms with Crippen LogP contribution in [0.4, 0.5) is 0 Å². The summed E-state index contributed by atoms with van der Waals surface area (Å²) in [5.41, 5.74) is 1.28. The van der Waals surface area contributed by atoms with Crippen molar-refractivity contribution in [2.75, 3.05) is 26.7 Å². The van der Waals surface area contributed by atoms with E-state index in [0.29, 0.717) is 5.92 Å². The molecule has 0 saturated carbocycles. The minimum Gasteiger partial charge on any atom is -0.497 e. The number of carbonyl (C=O) groups is 1. The summed E-state index contributed by atoms with van der Waals surface area (Å²) < 4.78 is 5.27. The van der Waals surface area contributed by atoms with Crippen LogP contribution in [-0.4, -0.2) is 37.6 Å². The van der Waals surface area contributed by atoms with E-state index in [-0.39, 0.29) is 5.91 Å². The van der Waals surface area contributed by atoms with Gasteiger partial charge in [-0.25, -0.2) is 0 Å². The number of hydrogen-bond donors (Lipinski definition) is 1. The van der Waals surface area contributed by atoms with E-state index in [9.17, 15) is 4.79 Å². The molecular formula is C18H24N2O2. The van der Waals surface area contributed by atoms with Crippen molar-refractivity contribution in [1.82, 2.24) is 10.2 Å². The molecule has 1 saturated heterocycles. The Morgan fingerprint density at radius 1 is 1.41 bits per heavy atom. The summed E-state index contributed by atoms with van der Waals surface area (Å²) in [6.45, 7) is 5.50. The highest BCUT2D eigenvalue weighted by Gasteiger charge is 2.19. The lowest BCUT2D eigenvalue weighted by Gasteiger charge is -2.32. The van der Waals surface area contributed by atoms with Crippen molar-refractivity contribution >= 4 is 5.91 Å². The molecule has 1 N–H and O–H groups in total. The average molecular weight is 300 g/mol. The van der Waals surface area contributed by atoms with Gasteiger partial charge in [0, 0.05) is 13.1 Å². The number of methoxy groups -OCH3 is 1. The van der Waals surface area contributed by atoms with Crippen molar-refractivity contribution in [2.24, 2.45) is 5.92 Å². The second kappa shape index (κ2) is 8.45. The van der Waals surface area contributed by atoms with Gasteiger partial charge in [0.05, 0.1) is 7.11 Å². The first kappa shape index (κ1) is 16.4. The third kappa shape index (κ3) is 5.09. The van der Waals surface area contributed by atoms with Gasteiger partial charge >= 0.3 is 0 Å². The Kier molecular flexibility index (Phi) is 6.29. The first-order valence-corrected chi connectivity index (χ1v) is 7.77. The predicted molar refractivity (Wildman–Crippen MR) is 87.5 cm³/mol. The topological polar surface area (TPSA) is 41.6 Å². The van der Waals surface area contributed by atoms with Crippen molar-refractivity contribution in [3.63, 3.8) is 0 Å². The first-order chi connectivity index (χ1) is 10.7. The van der Waals surface area contributed by atoms with Gasteiger partial charge in [0.25, 0.3) is 5.91 Å². The number of hydrogen-bond acceptors (Lipinski definition) is 3. The molecule has 1 amide bonds. The Morgan fingerprint density at radius 3 is 2.86 bits per heavy atom. The summed E-state index contributed by atoms with van der Waals surface area (Å²) in [5.74, 6) is 6.44. The van der Waals surface area contributed by atoms with Crippen molar-refractivity contribution in [1.29, 1.82) is 0 Å². The number of amides is 1. The third-order valence-corrected chi connectivity index (χ3v) is 4.04. The van der Waals surface area contributed by atoms with Gasteiger partial charge in [-0.05, 0) is 62.4 Å². The molecule has 118 valence electrons. The fraction of sp³-hybridized carbons (Fsp3) is 0.500. The Balaban J connectivity index is 1.74. The van der Waals surface area contributed by atoms with Crippen molar-refractivity contribution < 1.29 is 9.53 Å². The van der Waals surface area contributed by atoms with Crippen LogP contribution in [0.1, 0.15) is 25.3 Å². The minimum absolute atomic E-state index is 0.165. The molecule has 0 aliphatic carbocycles. The Labute approximate surface area is 132 Å². The molecule has 4 nitrogen and oxygen atoms in total. The summed E-state index contributed by atoms with van der Waals surface area (Å²) in [6.07, 6.45) is 2.23. The molecule has 0 aromatic heterocycles. The smallest absolute Gasteiger partial charge is 0.295 e. The van der Waals surface area contributed by atoms with Crippen LogP contribution in [0.2, 0.25) is 0 Å². The van der Waals surface area contributed by atoms with Gasteiger partial charge in [0.1, 0.15) is 5.75 Å². The number of rotatable bonds is 5. The summed E-state index contributed by atoms with van der Waals surface area (Å²) in [6, 6.07) is 8.23. The predicted octanol–water partition coefficient (Wildman–Crippen LogP) is 2.05. The van der Waals surface area contributed by atoms with Crippen LogP contribution in [0, 0.1) is 17.8 Å². The van der Waals surface area contributed by atoms with E-state index in [2.05, 4.69) is 34.2 Å². The highest BCUT2D eigenvalue weighted by molar-refractivity contribution is 5.93. The summed E-state index contributed by atoms with van der Waals surface area (Å²) in [5, 5.41) is 2.89. The monoisotopic (exact) mass is 300 g/mol. The van der Waals surface area contributed by atoms with Crippen molar-refractivity contribution in [2.45, 2.75) is 26.3 Å². The molecule has 0 radical (unpaired) electrons. The van der Waals surface area contributed by atoms with Crippen molar-refractivity contribution in [3.05, 3.63) is 29.8 Å². The van der Waals surface area contributed by atoms with Gasteiger partial charge in [-0.2, -0.15) is 0 Å². The average Bonchev–Trinajstić information content (AvgIpc) is 2.55. The third-order valence-electron chi connectivity index (χ3n) is 4.04. The molecule has 0 bridgehead atoms.